The minimum Gasteiger partial charge on any atom is -0.432 e. The second kappa shape index (κ2) is 7.45. The minimum atomic E-state index is 0.287. The summed E-state index contributed by atoms with van der Waals surface area (Å²) in [6.07, 6.45) is 5.05. The summed E-state index contributed by atoms with van der Waals surface area (Å²) in [6.45, 7) is 0.287. The molecule has 0 atom stereocenters. The van der Waals surface area contributed by atoms with Crippen molar-refractivity contribution in [1.82, 2.24) is 9.38 Å². The predicted octanol–water partition coefficient (Wildman–Crippen LogP) is 5.95. The standard InChI is InChI=1S/C23H16ClN3O2/c24-20-8-4-3-7-19(20)15-29-25-14-21-22(26-23-27(21)11-12-28-23)18-10-9-16-5-1-2-6-17(16)13-18/h1-14H,15H2. The number of halogens is 1. The van der Waals surface area contributed by atoms with E-state index in [0.717, 1.165) is 27.9 Å². The Morgan fingerprint density at radius 2 is 1.86 bits per heavy atom. The first-order chi connectivity index (χ1) is 14.3. The Kier molecular flexibility index (Phi) is 4.50. The van der Waals surface area contributed by atoms with E-state index in [-0.39, 0.29) is 6.61 Å². The molecule has 0 spiro atoms. The molecule has 0 radical (unpaired) electrons. The number of oxime groups is 1. The summed E-state index contributed by atoms with van der Waals surface area (Å²) in [5.41, 5.74) is 3.42. The molecule has 5 rings (SSSR count). The van der Waals surface area contributed by atoms with Crippen LogP contribution < -0.4 is 0 Å². The van der Waals surface area contributed by atoms with Gasteiger partial charge in [-0.25, -0.2) is 0 Å². The number of fused-ring (bicyclic) bond motifs is 2. The molecular formula is C23H16ClN3O2. The van der Waals surface area contributed by atoms with Crippen LogP contribution in [-0.4, -0.2) is 15.6 Å². The van der Waals surface area contributed by atoms with Crippen LogP contribution in [0.1, 0.15) is 11.3 Å². The van der Waals surface area contributed by atoms with Crippen molar-refractivity contribution >= 4 is 34.4 Å². The lowest BCUT2D eigenvalue weighted by Gasteiger charge is -2.04. The van der Waals surface area contributed by atoms with Gasteiger partial charge in [0, 0.05) is 22.3 Å². The predicted molar refractivity (Wildman–Crippen MR) is 114 cm³/mol. The zero-order valence-corrected chi connectivity index (χ0v) is 16.1. The Bertz CT molecular complexity index is 1340. The maximum absolute atomic E-state index is 6.16. The van der Waals surface area contributed by atoms with Crippen LogP contribution in [0.15, 0.2) is 88.8 Å². The van der Waals surface area contributed by atoms with Gasteiger partial charge < -0.3 is 9.25 Å². The zero-order valence-electron chi connectivity index (χ0n) is 15.3. The summed E-state index contributed by atoms with van der Waals surface area (Å²) in [5, 5.41) is 7.12. The highest BCUT2D eigenvalue weighted by molar-refractivity contribution is 6.31. The molecule has 0 unspecified atom stereocenters. The van der Waals surface area contributed by atoms with Crippen LogP contribution >= 0.6 is 11.6 Å². The van der Waals surface area contributed by atoms with Crippen molar-refractivity contribution in [2.75, 3.05) is 0 Å². The fraction of sp³-hybridized carbons (Fsp3) is 0.0435. The molecule has 0 saturated carbocycles. The SMILES string of the molecule is Clc1ccccc1CON=Cc1c(-c2ccc3ccccc3c2)nc2occn12. The first-order valence-corrected chi connectivity index (χ1v) is 9.51. The Morgan fingerprint density at radius 3 is 2.76 bits per heavy atom. The van der Waals surface area contributed by atoms with Crippen molar-refractivity contribution in [1.29, 1.82) is 0 Å². The average molecular weight is 402 g/mol. The molecule has 3 aromatic carbocycles. The van der Waals surface area contributed by atoms with E-state index < -0.39 is 0 Å². The summed E-state index contributed by atoms with van der Waals surface area (Å²) >= 11 is 6.16. The summed E-state index contributed by atoms with van der Waals surface area (Å²) < 4.78 is 7.31. The summed E-state index contributed by atoms with van der Waals surface area (Å²) in [7, 11) is 0. The van der Waals surface area contributed by atoms with Gasteiger partial charge in [-0.1, -0.05) is 71.4 Å². The highest BCUT2D eigenvalue weighted by atomic mass is 35.5. The zero-order chi connectivity index (χ0) is 19.6. The number of aromatic nitrogens is 2. The Hall–Kier alpha value is -3.57. The van der Waals surface area contributed by atoms with E-state index in [2.05, 4.69) is 34.4 Å². The first-order valence-electron chi connectivity index (χ1n) is 9.13. The molecule has 142 valence electrons. The molecule has 29 heavy (non-hydrogen) atoms. The molecule has 0 aliphatic carbocycles. The Balaban J connectivity index is 1.48. The third-order valence-corrected chi connectivity index (χ3v) is 5.12. The fourth-order valence-electron chi connectivity index (χ4n) is 3.29. The molecule has 6 heteroatoms. The Morgan fingerprint density at radius 1 is 1.03 bits per heavy atom. The largest absolute Gasteiger partial charge is 0.432 e. The van der Waals surface area contributed by atoms with Gasteiger partial charge in [-0.15, -0.1) is 0 Å². The Labute approximate surface area is 171 Å². The fourth-order valence-corrected chi connectivity index (χ4v) is 3.48. The molecule has 0 saturated heterocycles. The lowest BCUT2D eigenvalue weighted by atomic mass is 10.0. The van der Waals surface area contributed by atoms with Crippen molar-refractivity contribution in [3.8, 4) is 11.3 Å². The number of benzene rings is 3. The van der Waals surface area contributed by atoms with Gasteiger partial charge in [0.2, 0.25) is 0 Å². The van der Waals surface area contributed by atoms with Gasteiger partial charge in [-0.2, -0.15) is 4.98 Å². The quantitative estimate of drug-likeness (QED) is 0.270. The van der Waals surface area contributed by atoms with Crippen LogP contribution in [0.3, 0.4) is 0 Å². The molecule has 5 nitrogen and oxygen atoms in total. The lowest BCUT2D eigenvalue weighted by molar-refractivity contribution is 0.132. The van der Waals surface area contributed by atoms with Crippen LogP contribution in [0, 0.1) is 0 Å². The molecule has 0 aliphatic rings. The van der Waals surface area contributed by atoms with E-state index in [1.165, 1.54) is 5.39 Å². The number of imidazole rings is 1. The maximum Gasteiger partial charge on any atom is 0.306 e. The lowest BCUT2D eigenvalue weighted by Crippen LogP contribution is -1.94. The molecule has 2 aromatic heterocycles. The van der Waals surface area contributed by atoms with E-state index in [9.17, 15) is 0 Å². The maximum atomic E-state index is 6.16. The van der Waals surface area contributed by atoms with Crippen molar-refractivity contribution in [3.63, 3.8) is 0 Å². The topological polar surface area (TPSA) is 52.0 Å². The number of nitrogens with zero attached hydrogens (tertiary/aromatic N) is 3. The van der Waals surface area contributed by atoms with Gasteiger partial charge >= 0.3 is 5.84 Å². The van der Waals surface area contributed by atoms with Crippen molar-refractivity contribution in [2.45, 2.75) is 6.61 Å². The van der Waals surface area contributed by atoms with Gasteiger partial charge in [0.1, 0.15) is 18.6 Å². The van der Waals surface area contributed by atoms with Gasteiger partial charge in [-0.3, -0.25) is 4.40 Å². The third kappa shape index (κ3) is 3.37. The highest BCUT2D eigenvalue weighted by Gasteiger charge is 2.15. The number of oxazole rings is 1. The number of hydrogen-bond acceptors (Lipinski definition) is 4. The first kappa shape index (κ1) is 17.5. The molecule has 0 amide bonds. The van der Waals surface area contributed by atoms with E-state index in [4.69, 9.17) is 20.9 Å². The van der Waals surface area contributed by atoms with Crippen LogP contribution in [0.5, 0.6) is 0 Å². The van der Waals surface area contributed by atoms with Crippen LogP contribution in [0.2, 0.25) is 5.02 Å². The van der Waals surface area contributed by atoms with Crippen molar-refractivity contribution in [3.05, 3.63) is 95.5 Å². The van der Waals surface area contributed by atoms with Gasteiger partial charge in [0.15, 0.2) is 0 Å². The van der Waals surface area contributed by atoms with Gasteiger partial charge in [0.25, 0.3) is 0 Å². The highest BCUT2D eigenvalue weighted by Crippen LogP contribution is 2.27. The number of rotatable bonds is 5. The molecule has 5 aromatic rings. The van der Waals surface area contributed by atoms with Gasteiger partial charge in [0.05, 0.1) is 11.9 Å². The van der Waals surface area contributed by atoms with Crippen LogP contribution in [-0.2, 0) is 11.4 Å². The summed E-state index contributed by atoms with van der Waals surface area (Å²) in [6, 6.07) is 22.0. The monoisotopic (exact) mass is 401 g/mol. The van der Waals surface area contributed by atoms with E-state index in [1.807, 2.05) is 53.1 Å². The van der Waals surface area contributed by atoms with Crippen molar-refractivity contribution < 1.29 is 9.25 Å². The average Bonchev–Trinajstić information content (AvgIpc) is 3.34. The summed E-state index contributed by atoms with van der Waals surface area (Å²) in [5.74, 6) is 0.501. The second-order valence-electron chi connectivity index (χ2n) is 6.56. The molecule has 2 heterocycles. The van der Waals surface area contributed by atoms with E-state index >= 15 is 0 Å². The second-order valence-corrected chi connectivity index (χ2v) is 6.97. The summed E-state index contributed by atoms with van der Waals surface area (Å²) in [4.78, 5) is 10.1. The molecule has 0 fully saturated rings. The number of hydrogen-bond donors (Lipinski definition) is 0. The van der Waals surface area contributed by atoms with Crippen LogP contribution in [0.4, 0.5) is 0 Å². The molecular weight excluding hydrogens is 386 g/mol. The van der Waals surface area contributed by atoms with Crippen molar-refractivity contribution in [2.24, 2.45) is 5.16 Å². The molecule has 0 N–H and O–H groups in total. The smallest absolute Gasteiger partial charge is 0.306 e. The van der Waals surface area contributed by atoms with E-state index in [1.54, 1.807) is 12.5 Å². The van der Waals surface area contributed by atoms with Crippen LogP contribution in [0.25, 0.3) is 27.9 Å². The molecule has 0 aliphatic heterocycles. The minimum absolute atomic E-state index is 0.287. The normalized spacial score (nSPS) is 11.6. The molecule has 0 bridgehead atoms. The van der Waals surface area contributed by atoms with Gasteiger partial charge in [-0.05, 0) is 22.9 Å². The third-order valence-electron chi connectivity index (χ3n) is 4.75. The van der Waals surface area contributed by atoms with E-state index in [0.29, 0.717) is 10.9 Å².